The van der Waals surface area contributed by atoms with Crippen LogP contribution in [0.4, 0.5) is 0 Å². The molecule has 180 valence electrons. The molecule has 0 saturated heterocycles. The van der Waals surface area contributed by atoms with E-state index in [-0.39, 0.29) is 31.5 Å². The number of carbonyl (C=O) groups excluding carboxylic acids is 1. The highest BCUT2D eigenvalue weighted by molar-refractivity contribution is 7.14. The number of carbonyl (C=O) groups is 1. The number of ketones is 1. The minimum absolute atomic E-state index is 0.138. The van der Waals surface area contributed by atoms with Crippen LogP contribution in [0, 0.1) is 24.2 Å². The van der Waals surface area contributed by atoms with Gasteiger partial charge in [-0.3, -0.25) is 4.79 Å². The molecule has 2 aromatic rings. The number of benzene rings is 1. The van der Waals surface area contributed by atoms with Crippen LogP contribution in [0.25, 0.3) is 0 Å². The lowest BCUT2D eigenvalue weighted by atomic mass is 9.94. The van der Waals surface area contributed by atoms with Gasteiger partial charge in [0.15, 0.2) is 17.3 Å². The van der Waals surface area contributed by atoms with Crippen molar-refractivity contribution in [3.05, 3.63) is 38.6 Å². The molecule has 2 aliphatic rings. The van der Waals surface area contributed by atoms with Crippen molar-refractivity contribution in [2.75, 3.05) is 34.0 Å². The topological polar surface area (TPSA) is 85.2 Å². The second-order valence-electron chi connectivity index (χ2n) is 9.78. The molecule has 0 spiro atoms. The Morgan fingerprint density at radius 1 is 1.18 bits per heavy atom. The van der Waals surface area contributed by atoms with Gasteiger partial charge in [-0.05, 0) is 65.8 Å². The molecule has 0 bridgehead atoms. The molecular weight excluding hydrogens is 440 g/mol. The van der Waals surface area contributed by atoms with Crippen LogP contribution in [0.15, 0.2) is 12.1 Å². The maximum atomic E-state index is 13.2. The van der Waals surface area contributed by atoms with E-state index in [1.807, 2.05) is 12.1 Å². The molecule has 2 aliphatic carbocycles. The van der Waals surface area contributed by atoms with E-state index in [9.17, 15) is 15.0 Å². The van der Waals surface area contributed by atoms with Crippen molar-refractivity contribution in [2.24, 2.45) is 17.3 Å². The lowest BCUT2D eigenvalue weighted by molar-refractivity contribution is 0.0985. The minimum Gasteiger partial charge on any atom is -0.493 e. The van der Waals surface area contributed by atoms with E-state index in [4.69, 9.17) is 14.2 Å². The third-order valence-electron chi connectivity index (χ3n) is 7.41. The van der Waals surface area contributed by atoms with Gasteiger partial charge >= 0.3 is 0 Å². The summed E-state index contributed by atoms with van der Waals surface area (Å²) in [5.41, 5.74) is 4.06. The fraction of sp³-hybridized carbons (Fsp3) is 0.577. The second kappa shape index (κ2) is 9.28. The molecule has 0 amide bonds. The maximum Gasteiger partial charge on any atom is 0.203 e. The summed E-state index contributed by atoms with van der Waals surface area (Å²) in [7, 11) is 3.10. The number of Topliss-reactive ketones (excluding diaryl/α,β-unsaturated/α-hetero) is 1. The van der Waals surface area contributed by atoms with Crippen LogP contribution in [0.2, 0.25) is 0 Å². The largest absolute Gasteiger partial charge is 0.493 e. The quantitative estimate of drug-likeness (QED) is 0.476. The molecule has 2 atom stereocenters. The van der Waals surface area contributed by atoms with Crippen LogP contribution in [0.3, 0.4) is 0 Å². The van der Waals surface area contributed by atoms with Crippen molar-refractivity contribution in [3.8, 4) is 17.2 Å². The fourth-order valence-corrected chi connectivity index (χ4v) is 6.51. The number of aliphatic hydroxyl groups is 2. The highest BCUT2D eigenvalue weighted by Gasteiger charge is 2.63. The van der Waals surface area contributed by atoms with Gasteiger partial charge in [0.05, 0.1) is 38.9 Å². The second-order valence-corrected chi connectivity index (χ2v) is 11.0. The van der Waals surface area contributed by atoms with Gasteiger partial charge in [0.1, 0.15) is 0 Å². The van der Waals surface area contributed by atoms with Gasteiger partial charge in [-0.25, -0.2) is 0 Å². The Morgan fingerprint density at radius 2 is 1.82 bits per heavy atom. The first-order chi connectivity index (χ1) is 15.8. The van der Waals surface area contributed by atoms with Crippen molar-refractivity contribution >= 4 is 17.1 Å². The Morgan fingerprint density at radius 3 is 2.39 bits per heavy atom. The molecule has 1 saturated carbocycles. The van der Waals surface area contributed by atoms with Gasteiger partial charge in [0.2, 0.25) is 5.75 Å². The summed E-state index contributed by atoms with van der Waals surface area (Å²) in [6.45, 7) is 6.62. The van der Waals surface area contributed by atoms with Crippen molar-refractivity contribution in [2.45, 2.75) is 46.0 Å². The SMILES string of the molecule is COc1cc(CCC(=O)c2sc(C)c3c2C[C@@H]2[C@H]3C2(C)C)cc(OC)c1OCC(CO)CO. The van der Waals surface area contributed by atoms with Crippen LogP contribution in [-0.4, -0.2) is 50.0 Å². The van der Waals surface area contributed by atoms with Crippen molar-refractivity contribution < 1.29 is 29.2 Å². The van der Waals surface area contributed by atoms with Crippen LogP contribution in [-0.2, 0) is 12.8 Å². The van der Waals surface area contributed by atoms with Crippen molar-refractivity contribution in [3.63, 3.8) is 0 Å². The zero-order chi connectivity index (χ0) is 23.9. The summed E-state index contributed by atoms with van der Waals surface area (Å²) in [5, 5.41) is 18.6. The zero-order valence-corrected chi connectivity index (χ0v) is 20.9. The van der Waals surface area contributed by atoms with E-state index >= 15 is 0 Å². The molecule has 0 unspecified atom stereocenters. The van der Waals surface area contributed by atoms with Gasteiger partial charge in [-0.1, -0.05) is 13.8 Å². The average molecular weight is 475 g/mol. The molecule has 7 heteroatoms. The number of fused-ring (bicyclic) bond motifs is 3. The number of hydrogen-bond acceptors (Lipinski definition) is 7. The third kappa shape index (κ3) is 4.27. The first-order valence-corrected chi connectivity index (χ1v) is 12.3. The number of aliphatic hydroxyl groups excluding tert-OH is 2. The first kappa shape index (κ1) is 24.0. The fourth-order valence-electron chi connectivity index (χ4n) is 5.31. The van der Waals surface area contributed by atoms with Crippen LogP contribution in [0.1, 0.15) is 57.4 Å². The normalized spacial score (nSPS) is 19.9. The highest BCUT2D eigenvalue weighted by atomic mass is 32.1. The van der Waals surface area contributed by atoms with Gasteiger partial charge in [-0.15, -0.1) is 11.3 Å². The monoisotopic (exact) mass is 474 g/mol. The van der Waals surface area contributed by atoms with Crippen LogP contribution < -0.4 is 14.2 Å². The molecule has 1 fully saturated rings. The molecular formula is C26H34O6S. The molecule has 0 aliphatic heterocycles. The minimum atomic E-state index is -0.385. The Labute approximate surface area is 199 Å². The number of rotatable bonds is 11. The zero-order valence-electron chi connectivity index (χ0n) is 20.1. The number of ether oxygens (including phenoxy) is 3. The molecule has 1 aromatic carbocycles. The lowest BCUT2D eigenvalue weighted by Crippen LogP contribution is -2.20. The molecule has 1 aromatic heterocycles. The summed E-state index contributed by atoms with van der Waals surface area (Å²) < 4.78 is 16.8. The number of thiophene rings is 1. The molecule has 1 heterocycles. The Balaban J connectivity index is 1.47. The van der Waals surface area contributed by atoms with Crippen molar-refractivity contribution in [1.82, 2.24) is 0 Å². The third-order valence-corrected chi connectivity index (χ3v) is 8.62. The van der Waals surface area contributed by atoms with E-state index in [1.54, 1.807) is 25.6 Å². The summed E-state index contributed by atoms with van der Waals surface area (Å²) in [6.07, 6.45) is 2.04. The standard InChI is InChI=1S/C26H34O6S/c1-14-22-17(10-18-23(22)26(18,2)3)25(33-14)19(29)7-6-15-8-20(30-4)24(21(9-15)31-5)32-13-16(11-27)12-28/h8-9,16,18,23,27-28H,6-7,10-13H2,1-5H3/t18-,23-/m1/s1. The molecule has 6 nitrogen and oxygen atoms in total. The predicted molar refractivity (Wildman–Crippen MR) is 128 cm³/mol. The molecule has 2 N–H and O–H groups in total. The number of aryl methyl sites for hydroxylation is 2. The van der Waals surface area contributed by atoms with Gasteiger partial charge in [-0.2, -0.15) is 0 Å². The molecule has 4 rings (SSSR count). The van der Waals surface area contributed by atoms with Crippen molar-refractivity contribution in [1.29, 1.82) is 0 Å². The summed E-state index contributed by atoms with van der Waals surface area (Å²) in [6, 6.07) is 3.72. The predicted octanol–water partition coefficient (Wildman–Crippen LogP) is 4.16. The van der Waals surface area contributed by atoms with E-state index in [0.29, 0.717) is 47.3 Å². The van der Waals surface area contributed by atoms with Gasteiger partial charge in [0, 0.05) is 17.2 Å². The maximum absolute atomic E-state index is 13.2. The number of hydrogen-bond donors (Lipinski definition) is 2. The van der Waals surface area contributed by atoms with Gasteiger partial charge in [0.25, 0.3) is 0 Å². The summed E-state index contributed by atoms with van der Waals surface area (Å²) >= 11 is 1.66. The number of methoxy groups -OCH3 is 2. The van der Waals surface area contributed by atoms with E-state index < -0.39 is 0 Å². The van der Waals surface area contributed by atoms with Crippen LogP contribution in [0.5, 0.6) is 17.2 Å². The first-order valence-electron chi connectivity index (χ1n) is 11.5. The molecule has 33 heavy (non-hydrogen) atoms. The Hall–Kier alpha value is -2.09. The van der Waals surface area contributed by atoms with Crippen LogP contribution >= 0.6 is 11.3 Å². The van der Waals surface area contributed by atoms with E-state index in [0.717, 1.165) is 16.9 Å². The summed E-state index contributed by atoms with van der Waals surface area (Å²) in [5.74, 6) is 2.57. The summed E-state index contributed by atoms with van der Waals surface area (Å²) in [4.78, 5) is 15.4. The van der Waals surface area contributed by atoms with E-state index in [2.05, 4.69) is 20.8 Å². The van der Waals surface area contributed by atoms with E-state index in [1.165, 1.54) is 16.0 Å². The lowest BCUT2D eigenvalue weighted by Gasteiger charge is -2.18. The Bertz CT molecular complexity index is 1010. The Kier molecular flexibility index (Phi) is 6.76. The smallest absolute Gasteiger partial charge is 0.203 e. The molecule has 0 radical (unpaired) electrons. The average Bonchev–Trinajstić information content (AvgIpc) is 3.13. The highest BCUT2D eigenvalue weighted by Crippen LogP contribution is 2.71. The van der Waals surface area contributed by atoms with Gasteiger partial charge < -0.3 is 24.4 Å².